The molecule has 0 aliphatic heterocycles. The molecule has 0 aliphatic carbocycles. The van der Waals surface area contributed by atoms with E-state index >= 15 is 0 Å². The highest BCUT2D eigenvalue weighted by Crippen LogP contribution is 2.09. The van der Waals surface area contributed by atoms with Gasteiger partial charge in [0.1, 0.15) is 0 Å². The topological polar surface area (TPSA) is 76.1 Å². The summed E-state index contributed by atoms with van der Waals surface area (Å²) >= 11 is 0. The molecular weight excluding hydrogens is 168 g/mol. The van der Waals surface area contributed by atoms with Crippen LogP contribution in [0.1, 0.15) is 11.1 Å². The molecule has 0 saturated carbocycles. The SMILES string of the molecule is N#Cc1ccccc1[CH]OC(N)=O. The number of hydrogen-bond donors (Lipinski definition) is 1. The smallest absolute Gasteiger partial charge is 0.405 e. The third-order valence-corrected chi connectivity index (χ3v) is 1.38. The Hall–Kier alpha value is -2.02. The third kappa shape index (κ3) is 2.49. The standard InChI is InChI=1S/C9H7N2O2/c10-5-7-3-1-2-4-8(7)6-13-9(11)12/h1-4,6H,(H2,11,12). The number of amides is 1. The largest absolute Gasteiger partial charge is 0.437 e. The van der Waals surface area contributed by atoms with Crippen molar-refractivity contribution in [3.8, 4) is 6.07 Å². The third-order valence-electron chi connectivity index (χ3n) is 1.38. The lowest BCUT2D eigenvalue weighted by Crippen LogP contribution is -2.11. The Balaban J connectivity index is 2.77. The van der Waals surface area contributed by atoms with Crippen LogP contribution in [-0.2, 0) is 4.74 Å². The monoisotopic (exact) mass is 175 g/mol. The molecule has 1 amide bonds. The number of carbonyl (C=O) groups is 1. The minimum Gasteiger partial charge on any atom is -0.437 e. The number of primary amides is 1. The molecule has 0 aromatic heterocycles. The fourth-order valence-corrected chi connectivity index (χ4v) is 0.823. The molecule has 0 atom stereocenters. The summed E-state index contributed by atoms with van der Waals surface area (Å²) in [6, 6.07) is 8.69. The quantitative estimate of drug-likeness (QED) is 0.732. The molecule has 2 N–H and O–H groups in total. The lowest BCUT2D eigenvalue weighted by molar-refractivity contribution is 0.186. The lowest BCUT2D eigenvalue weighted by atomic mass is 10.1. The highest BCUT2D eigenvalue weighted by atomic mass is 16.5. The van der Waals surface area contributed by atoms with E-state index < -0.39 is 6.09 Å². The lowest BCUT2D eigenvalue weighted by Gasteiger charge is -2.01. The molecule has 1 radical (unpaired) electrons. The first kappa shape index (κ1) is 9.07. The van der Waals surface area contributed by atoms with Crippen molar-refractivity contribution >= 4 is 6.09 Å². The van der Waals surface area contributed by atoms with Gasteiger partial charge in [0.25, 0.3) is 0 Å². The van der Waals surface area contributed by atoms with Crippen LogP contribution in [-0.4, -0.2) is 6.09 Å². The summed E-state index contributed by atoms with van der Waals surface area (Å²) in [6.07, 6.45) is -0.896. The van der Waals surface area contributed by atoms with Crippen LogP contribution in [0.25, 0.3) is 0 Å². The van der Waals surface area contributed by atoms with E-state index in [0.717, 1.165) is 6.61 Å². The zero-order valence-electron chi connectivity index (χ0n) is 6.73. The first-order valence-corrected chi connectivity index (χ1v) is 3.52. The zero-order chi connectivity index (χ0) is 9.68. The van der Waals surface area contributed by atoms with Gasteiger partial charge in [0, 0.05) is 5.56 Å². The van der Waals surface area contributed by atoms with E-state index in [0.29, 0.717) is 11.1 Å². The van der Waals surface area contributed by atoms with E-state index in [1.807, 2.05) is 6.07 Å². The molecule has 65 valence electrons. The van der Waals surface area contributed by atoms with Gasteiger partial charge in [-0.2, -0.15) is 5.26 Å². The predicted molar refractivity (Wildman–Crippen MR) is 45.2 cm³/mol. The molecule has 0 bridgehead atoms. The van der Waals surface area contributed by atoms with Gasteiger partial charge in [-0.15, -0.1) is 0 Å². The van der Waals surface area contributed by atoms with Crippen molar-refractivity contribution in [1.82, 2.24) is 0 Å². The molecule has 1 rings (SSSR count). The number of nitrogens with zero attached hydrogens (tertiary/aromatic N) is 1. The van der Waals surface area contributed by atoms with Crippen molar-refractivity contribution in [3.63, 3.8) is 0 Å². The number of hydrogen-bond acceptors (Lipinski definition) is 3. The second kappa shape index (κ2) is 4.12. The van der Waals surface area contributed by atoms with Gasteiger partial charge < -0.3 is 10.5 Å². The molecular formula is C9H7N2O2. The molecule has 0 spiro atoms. The maximum absolute atomic E-state index is 10.3. The Morgan fingerprint density at radius 1 is 1.54 bits per heavy atom. The van der Waals surface area contributed by atoms with E-state index in [2.05, 4.69) is 4.74 Å². The second-order valence-corrected chi connectivity index (χ2v) is 2.25. The molecule has 1 aromatic rings. The summed E-state index contributed by atoms with van der Waals surface area (Å²) in [7, 11) is 0. The number of nitrogens with two attached hydrogens (primary N) is 1. The minimum atomic E-state index is -0.896. The van der Waals surface area contributed by atoms with Crippen molar-refractivity contribution in [2.24, 2.45) is 5.73 Å². The Kier molecular flexibility index (Phi) is 2.87. The summed E-state index contributed by atoms with van der Waals surface area (Å²) in [6.45, 7) is 1.15. The van der Waals surface area contributed by atoms with E-state index in [1.165, 1.54) is 0 Å². The van der Waals surface area contributed by atoms with Gasteiger partial charge >= 0.3 is 6.09 Å². The predicted octanol–water partition coefficient (Wildman–Crippen LogP) is 1.16. The van der Waals surface area contributed by atoms with Crippen LogP contribution >= 0.6 is 0 Å². The summed E-state index contributed by atoms with van der Waals surface area (Å²) in [5.41, 5.74) is 5.72. The summed E-state index contributed by atoms with van der Waals surface area (Å²) in [5.74, 6) is 0. The molecule has 0 fully saturated rings. The molecule has 0 aliphatic rings. The van der Waals surface area contributed by atoms with Crippen LogP contribution in [0.2, 0.25) is 0 Å². The molecule has 4 nitrogen and oxygen atoms in total. The van der Waals surface area contributed by atoms with Crippen LogP contribution in [0.3, 0.4) is 0 Å². The van der Waals surface area contributed by atoms with Crippen molar-refractivity contribution in [3.05, 3.63) is 42.0 Å². The Morgan fingerprint density at radius 2 is 2.23 bits per heavy atom. The number of carbonyl (C=O) groups excluding carboxylic acids is 1. The van der Waals surface area contributed by atoms with Gasteiger partial charge in [-0.1, -0.05) is 18.2 Å². The average Bonchev–Trinajstić information content (AvgIpc) is 2.15. The molecule has 13 heavy (non-hydrogen) atoms. The van der Waals surface area contributed by atoms with Gasteiger partial charge in [-0.25, -0.2) is 4.79 Å². The fraction of sp³-hybridized carbons (Fsp3) is 0. The van der Waals surface area contributed by atoms with Crippen LogP contribution in [0.5, 0.6) is 0 Å². The van der Waals surface area contributed by atoms with Crippen LogP contribution in [0.15, 0.2) is 24.3 Å². The van der Waals surface area contributed by atoms with Crippen LogP contribution < -0.4 is 5.73 Å². The number of ether oxygens (including phenoxy) is 1. The van der Waals surface area contributed by atoms with Crippen molar-refractivity contribution in [2.45, 2.75) is 0 Å². The second-order valence-electron chi connectivity index (χ2n) is 2.25. The number of benzene rings is 1. The van der Waals surface area contributed by atoms with E-state index in [4.69, 9.17) is 11.0 Å². The summed E-state index contributed by atoms with van der Waals surface area (Å²) < 4.78 is 4.43. The molecule has 0 unspecified atom stereocenters. The summed E-state index contributed by atoms with van der Waals surface area (Å²) in [4.78, 5) is 10.3. The Labute approximate surface area is 75.5 Å². The van der Waals surface area contributed by atoms with Crippen molar-refractivity contribution < 1.29 is 9.53 Å². The maximum Gasteiger partial charge on any atom is 0.405 e. The first-order valence-electron chi connectivity index (χ1n) is 3.52. The molecule has 1 aromatic carbocycles. The number of rotatable bonds is 2. The van der Waals surface area contributed by atoms with E-state index in [1.54, 1.807) is 24.3 Å². The number of nitriles is 1. The highest BCUT2D eigenvalue weighted by molar-refractivity contribution is 5.65. The van der Waals surface area contributed by atoms with Crippen molar-refractivity contribution in [1.29, 1.82) is 5.26 Å². The normalized spacial score (nSPS) is 8.85. The zero-order valence-corrected chi connectivity index (χ0v) is 6.73. The van der Waals surface area contributed by atoms with Gasteiger partial charge in [0.2, 0.25) is 0 Å². The van der Waals surface area contributed by atoms with Gasteiger partial charge in [-0.3, -0.25) is 0 Å². The molecule has 0 saturated heterocycles. The fourth-order valence-electron chi connectivity index (χ4n) is 0.823. The van der Waals surface area contributed by atoms with Gasteiger partial charge in [0.05, 0.1) is 11.6 Å². The maximum atomic E-state index is 10.3. The van der Waals surface area contributed by atoms with Gasteiger partial charge in [-0.05, 0) is 6.07 Å². The Morgan fingerprint density at radius 3 is 2.85 bits per heavy atom. The van der Waals surface area contributed by atoms with E-state index in [-0.39, 0.29) is 0 Å². The molecule has 0 heterocycles. The van der Waals surface area contributed by atoms with Crippen LogP contribution in [0, 0.1) is 17.9 Å². The highest BCUT2D eigenvalue weighted by Gasteiger charge is 2.02. The van der Waals surface area contributed by atoms with Crippen LogP contribution in [0.4, 0.5) is 4.79 Å². The summed E-state index contributed by atoms with van der Waals surface area (Å²) in [5, 5.41) is 8.64. The minimum absolute atomic E-state index is 0.434. The van der Waals surface area contributed by atoms with E-state index in [9.17, 15) is 4.79 Å². The van der Waals surface area contributed by atoms with Crippen molar-refractivity contribution in [2.75, 3.05) is 0 Å². The Bertz CT molecular complexity index is 355. The first-order chi connectivity index (χ1) is 6.24. The molecule has 4 heteroatoms. The van der Waals surface area contributed by atoms with Gasteiger partial charge in [0.15, 0.2) is 6.61 Å². The average molecular weight is 175 g/mol.